The summed E-state index contributed by atoms with van der Waals surface area (Å²) >= 11 is 0. The van der Waals surface area contributed by atoms with Crippen LogP contribution in [0.4, 0.5) is 0 Å². The highest BCUT2D eigenvalue weighted by molar-refractivity contribution is 5.57. The Hall–Kier alpha value is -0.530. The minimum Gasteiger partial charge on any atom is -0.411 e. The molecule has 2 heteroatoms. The largest absolute Gasteiger partial charge is 0.411 e. The Kier molecular flexibility index (Phi) is 1.02. The van der Waals surface area contributed by atoms with Crippen LogP contribution in [-0.4, -0.2) is 11.4 Å². The number of nitrogens with zero attached hydrogens (tertiary/aromatic N) is 1. The molecule has 5 aliphatic carbocycles. The smallest absolute Gasteiger partial charge is 0.0438 e. The lowest BCUT2D eigenvalue weighted by Crippen LogP contribution is -2.13. The SMILES string of the molecule is ON=CCC1CC2C3CC4C2C4C13. The second kappa shape index (κ2) is 1.94. The summed E-state index contributed by atoms with van der Waals surface area (Å²) in [7, 11) is 0. The van der Waals surface area contributed by atoms with E-state index >= 15 is 0 Å². The van der Waals surface area contributed by atoms with Gasteiger partial charge in [0.05, 0.1) is 0 Å². The Balaban J connectivity index is 1.60. The molecule has 0 aromatic rings. The molecule has 2 nitrogen and oxygen atoms in total. The van der Waals surface area contributed by atoms with E-state index in [4.69, 9.17) is 5.21 Å². The number of oxime groups is 1. The zero-order chi connectivity index (χ0) is 8.58. The van der Waals surface area contributed by atoms with Crippen LogP contribution < -0.4 is 0 Å². The molecule has 7 unspecified atom stereocenters. The van der Waals surface area contributed by atoms with Crippen LogP contribution in [0.2, 0.25) is 0 Å². The van der Waals surface area contributed by atoms with Gasteiger partial charge in [-0.2, -0.15) is 0 Å². The summed E-state index contributed by atoms with van der Waals surface area (Å²) < 4.78 is 0. The average molecular weight is 177 g/mol. The molecule has 5 fully saturated rings. The lowest BCUT2D eigenvalue weighted by molar-refractivity contribution is 0.303. The maximum atomic E-state index is 8.42. The van der Waals surface area contributed by atoms with Gasteiger partial charge >= 0.3 is 0 Å². The highest BCUT2D eigenvalue weighted by Crippen LogP contribution is 2.82. The Morgan fingerprint density at radius 2 is 1.92 bits per heavy atom. The highest BCUT2D eigenvalue weighted by Gasteiger charge is 2.77. The molecule has 0 aromatic heterocycles. The molecule has 0 aliphatic heterocycles. The molecule has 0 saturated heterocycles. The standard InChI is InChI=1S/C11H15NO/c13-12-2-1-5-3-6-7-4-8-10(6)11(8)9(5)7/h2,5-11,13H,1,3-4H2. The van der Waals surface area contributed by atoms with Gasteiger partial charge in [0.1, 0.15) is 0 Å². The van der Waals surface area contributed by atoms with E-state index in [0.29, 0.717) is 0 Å². The van der Waals surface area contributed by atoms with Crippen molar-refractivity contribution in [2.24, 2.45) is 46.6 Å². The van der Waals surface area contributed by atoms with Crippen molar-refractivity contribution in [2.45, 2.75) is 19.3 Å². The lowest BCUT2D eigenvalue weighted by Gasteiger charge is -2.19. The highest BCUT2D eigenvalue weighted by atomic mass is 16.4. The van der Waals surface area contributed by atoms with E-state index in [0.717, 1.165) is 47.8 Å². The first-order valence-corrected chi connectivity index (χ1v) is 5.57. The van der Waals surface area contributed by atoms with Gasteiger partial charge in [0.15, 0.2) is 0 Å². The van der Waals surface area contributed by atoms with Gasteiger partial charge < -0.3 is 5.21 Å². The predicted molar refractivity (Wildman–Crippen MR) is 48.6 cm³/mol. The molecular weight excluding hydrogens is 162 g/mol. The van der Waals surface area contributed by atoms with E-state index in [9.17, 15) is 0 Å². The zero-order valence-corrected chi connectivity index (χ0v) is 7.63. The molecule has 0 radical (unpaired) electrons. The molecule has 5 rings (SSSR count). The molecular formula is C11H15NO. The fraction of sp³-hybridized carbons (Fsp3) is 0.909. The lowest BCUT2D eigenvalue weighted by atomic mass is 9.86. The number of rotatable bonds is 2. The molecule has 6 bridgehead atoms. The molecule has 5 aliphatic rings. The van der Waals surface area contributed by atoms with E-state index < -0.39 is 0 Å². The normalized spacial score (nSPS) is 65.4. The minimum atomic E-state index is 0.875. The summed E-state index contributed by atoms with van der Waals surface area (Å²) in [6, 6.07) is 0. The third kappa shape index (κ3) is 0.598. The summed E-state index contributed by atoms with van der Waals surface area (Å²) in [5.41, 5.74) is 0. The van der Waals surface area contributed by atoms with Crippen LogP contribution in [0.5, 0.6) is 0 Å². The van der Waals surface area contributed by atoms with E-state index in [2.05, 4.69) is 5.16 Å². The fourth-order valence-corrected chi connectivity index (χ4v) is 5.33. The molecule has 5 saturated carbocycles. The van der Waals surface area contributed by atoms with Crippen LogP contribution >= 0.6 is 0 Å². The Morgan fingerprint density at radius 3 is 2.54 bits per heavy atom. The number of hydrogen-bond acceptors (Lipinski definition) is 2. The molecule has 13 heavy (non-hydrogen) atoms. The van der Waals surface area contributed by atoms with Crippen LogP contribution in [0.1, 0.15) is 19.3 Å². The van der Waals surface area contributed by atoms with Gasteiger partial charge in [-0.25, -0.2) is 0 Å². The summed E-state index contributed by atoms with van der Waals surface area (Å²) in [5, 5.41) is 11.6. The molecule has 0 heterocycles. The van der Waals surface area contributed by atoms with Crippen LogP contribution in [0.3, 0.4) is 0 Å². The van der Waals surface area contributed by atoms with Gasteiger partial charge in [-0.1, -0.05) is 0 Å². The van der Waals surface area contributed by atoms with Crippen molar-refractivity contribution in [1.29, 1.82) is 0 Å². The van der Waals surface area contributed by atoms with E-state index in [-0.39, 0.29) is 0 Å². The molecule has 70 valence electrons. The van der Waals surface area contributed by atoms with E-state index in [1.807, 2.05) is 0 Å². The summed E-state index contributed by atoms with van der Waals surface area (Å²) in [6.45, 7) is 0. The second-order valence-electron chi connectivity index (χ2n) is 5.49. The van der Waals surface area contributed by atoms with E-state index in [1.165, 1.54) is 6.42 Å². The van der Waals surface area contributed by atoms with Crippen LogP contribution in [0, 0.1) is 41.4 Å². The quantitative estimate of drug-likeness (QED) is 0.390. The van der Waals surface area contributed by atoms with Crippen LogP contribution in [0.25, 0.3) is 0 Å². The third-order valence-corrected chi connectivity index (χ3v) is 5.43. The van der Waals surface area contributed by atoms with Crippen molar-refractivity contribution in [2.75, 3.05) is 0 Å². The van der Waals surface area contributed by atoms with Gasteiger partial charge in [0, 0.05) is 6.21 Å². The van der Waals surface area contributed by atoms with Gasteiger partial charge in [-0.15, -0.1) is 5.16 Å². The first kappa shape index (κ1) is 6.86. The Bertz CT molecular complexity index is 288. The maximum Gasteiger partial charge on any atom is 0.0438 e. The van der Waals surface area contributed by atoms with Gasteiger partial charge in [0.2, 0.25) is 0 Å². The van der Waals surface area contributed by atoms with E-state index in [1.54, 1.807) is 12.6 Å². The summed E-state index contributed by atoms with van der Waals surface area (Å²) in [6.07, 6.45) is 5.74. The Labute approximate surface area is 78.0 Å². The topological polar surface area (TPSA) is 32.6 Å². The van der Waals surface area contributed by atoms with Crippen molar-refractivity contribution >= 4 is 6.21 Å². The first-order valence-electron chi connectivity index (χ1n) is 5.57. The molecule has 0 spiro atoms. The third-order valence-electron chi connectivity index (χ3n) is 5.43. The average Bonchev–Trinajstić information content (AvgIpc) is 2.57. The van der Waals surface area contributed by atoms with Crippen molar-refractivity contribution in [3.63, 3.8) is 0 Å². The van der Waals surface area contributed by atoms with Crippen molar-refractivity contribution < 1.29 is 5.21 Å². The zero-order valence-electron chi connectivity index (χ0n) is 7.63. The molecule has 7 atom stereocenters. The van der Waals surface area contributed by atoms with Gasteiger partial charge in [-0.05, 0) is 60.7 Å². The molecule has 0 aromatic carbocycles. The number of hydrogen-bond donors (Lipinski definition) is 1. The monoisotopic (exact) mass is 177 g/mol. The minimum absolute atomic E-state index is 0.875. The fourth-order valence-electron chi connectivity index (χ4n) is 5.33. The van der Waals surface area contributed by atoms with Crippen molar-refractivity contribution in [3.8, 4) is 0 Å². The van der Waals surface area contributed by atoms with Crippen LogP contribution in [0.15, 0.2) is 5.16 Å². The van der Waals surface area contributed by atoms with Gasteiger partial charge in [0.25, 0.3) is 0 Å². The molecule has 1 N–H and O–H groups in total. The van der Waals surface area contributed by atoms with Crippen molar-refractivity contribution in [1.82, 2.24) is 0 Å². The second-order valence-corrected chi connectivity index (χ2v) is 5.49. The Morgan fingerprint density at radius 1 is 1.08 bits per heavy atom. The first-order chi connectivity index (χ1) is 6.42. The summed E-state index contributed by atoms with van der Waals surface area (Å²) in [5.74, 6) is 7.54. The molecule has 0 amide bonds. The van der Waals surface area contributed by atoms with Crippen molar-refractivity contribution in [3.05, 3.63) is 0 Å². The maximum absolute atomic E-state index is 8.42. The van der Waals surface area contributed by atoms with Gasteiger partial charge in [-0.3, -0.25) is 0 Å². The van der Waals surface area contributed by atoms with Crippen LogP contribution in [-0.2, 0) is 0 Å². The predicted octanol–water partition coefficient (Wildman–Crippen LogP) is 1.98. The summed E-state index contributed by atoms with van der Waals surface area (Å²) in [4.78, 5) is 0.